The molecule has 15 nitrogen and oxygen atoms in total. The largest absolute Gasteiger partial charge is 0.467 e. The van der Waals surface area contributed by atoms with Gasteiger partial charge in [-0.1, -0.05) is 92.4 Å². The number of esters is 1. The highest BCUT2D eigenvalue weighted by Crippen LogP contribution is 2.13. The van der Waals surface area contributed by atoms with Gasteiger partial charge in [0.25, 0.3) is 17.7 Å². The van der Waals surface area contributed by atoms with Gasteiger partial charge < -0.3 is 30.8 Å². The van der Waals surface area contributed by atoms with Gasteiger partial charge >= 0.3 is 5.97 Å². The second kappa shape index (κ2) is 24.4. The van der Waals surface area contributed by atoms with E-state index in [-0.39, 0.29) is 42.5 Å². The van der Waals surface area contributed by atoms with Crippen molar-refractivity contribution in [3.63, 3.8) is 0 Å². The molecule has 0 unspecified atom stereocenters. The van der Waals surface area contributed by atoms with Gasteiger partial charge in [-0.25, -0.2) is 16.2 Å². The first-order valence-electron chi connectivity index (χ1n) is 15.5. The molecule has 0 aliphatic carbocycles. The molecule has 9 N–H and O–H groups in total. The summed E-state index contributed by atoms with van der Waals surface area (Å²) in [6.07, 6.45) is -2.30. The molecule has 290 valence electrons. The molecule has 54 heavy (non-hydrogen) atoms. The van der Waals surface area contributed by atoms with Crippen LogP contribution in [0.1, 0.15) is 73.8 Å². The average Bonchev–Trinajstić information content (AvgIpc) is 3.19. The zero-order valence-corrected chi connectivity index (χ0v) is 29.7. The number of ketones is 2. The predicted octanol–water partition coefficient (Wildman–Crippen LogP) is 2.86. The van der Waals surface area contributed by atoms with Crippen LogP contribution < -0.4 is 22.0 Å². The lowest BCUT2D eigenvalue weighted by atomic mass is 10.0. The number of hydrogen-bond acceptors (Lipinski definition) is 12. The van der Waals surface area contributed by atoms with Gasteiger partial charge in [0.1, 0.15) is 6.04 Å². The van der Waals surface area contributed by atoms with Crippen LogP contribution in [0.5, 0.6) is 0 Å². The molecule has 16 heteroatoms. The highest BCUT2D eigenvalue weighted by molar-refractivity contribution is 6.10. The molecule has 0 saturated heterocycles. The first-order chi connectivity index (χ1) is 24.9. The van der Waals surface area contributed by atoms with Gasteiger partial charge in [0, 0.05) is 33.4 Å². The van der Waals surface area contributed by atoms with Crippen LogP contribution in [0.15, 0.2) is 109 Å². The highest BCUT2D eigenvalue weighted by atomic mass is 35.5. The van der Waals surface area contributed by atoms with E-state index in [0.717, 1.165) is 0 Å². The third-order valence-electron chi connectivity index (χ3n) is 7.28. The molecule has 0 saturated carbocycles. The Hall–Kier alpha value is -5.81. The quantitative estimate of drug-likeness (QED) is 0.0448. The van der Waals surface area contributed by atoms with Crippen LogP contribution in [-0.2, 0) is 14.3 Å². The van der Waals surface area contributed by atoms with E-state index in [4.69, 9.17) is 10.4 Å². The number of rotatable bonds is 12. The summed E-state index contributed by atoms with van der Waals surface area (Å²) in [4.78, 5) is 72.0. The van der Waals surface area contributed by atoms with Crippen molar-refractivity contribution >= 4 is 47.7 Å². The molecule has 0 aliphatic rings. The fourth-order valence-corrected chi connectivity index (χ4v) is 4.49. The number of amides is 3. The number of aliphatic hydroxyl groups is 2. The van der Waals surface area contributed by atoms with Crippen molar-refractivity contribution in [3.8, 4) is 0 Å². The molecule has 0 aliphatic heterocycles. The van der Waals surface area contributed by atoms with E-state index < -0.39 is 48.0 Å². The van der Waals surface area contributed by atoms with Crippen LogP contribution in [0.3, 0.4) is 0 Å². The summed E-state index contributed by atoms with van der Waals surface area (Å²) in [7, 11) is 1.17. The van der Waals surface area contributed by atoms with E-state index in [0.29, 0.717) is 22.3 Å². The number of methoxy groups -OCH3 is 1. The fraction of sp³-hybridized carbons (Fsp3) is 0.211. The van der Waals surface area contributed by atoms with Gasteiger partial charge in [-0.15, -0.1) is 12.4 Å². The molecular formula is C38H45ClN4O11. The molecule has 0 fully saturated rings. The number of ether oxygens (including phenoxy) is 1. The molecule has 3 amide bonds. The summed E-state index contributed by atoms with van der Waals surface area (Å²) < 4.78 is 4.55. The highest BCUT2D eigenvalue weighted by Gasteiger charge is 2.27. The maximum atomic E-state index is 12.3. The monoisotopic (exact) mass is 768 g/mol. The van der Waals surface area contributed by atoms with E-state index >= 15 is 0 Å². The third kappa shape index (κ3) is 14.0. The summed E-state index contributed by atoms with van der Waals surface area (Å²) in [5.41, 5.74) is 3.82. The van der Waals surface area contributed by atoms with Gasteiger partial charge in [0.05, 0.1) is 19.3 Å². The Morgan fingerprint density at radius 3 is 1.15 bits per heavy atom. The fourth-order valence-electron chi connectivity index (χ4n) is 4.49. The van der Waals surface area contributed by atoms with Crippen LogP contribution in [0.25, 0.3) is 0 Å². The molecular weight excluding hydrogens is 724 g/mol. The van der Waals surface area contributed by atoms with E-state index in [1.807, 2.05) is 12.1 Å². The minimum Gasteiger partial charge on any atom is -0.467 e. The number of halogens is 1. The molecule has 0 spiro atoms. The van der Waals surface area contributed by atoms with Gasteiger partial charge in [0.15, 0.2) is 17.6 Å². The summed E-state index contributed by atoms with van der Waals surface area (Å²) >= 11 is 0. The van der Waals surface area contributed by atoms with E-state index in [1.54, 1.807) is 60.7 Å². The molecule has 4 atom stereocenters. The van der Waals surface area contributed by atoms with Crippen LogP contribution in [0.2, 0.25) is 0 Å². The van der Waals surface area contributed by atoms with Crippen molar-refractivity contribution in [2.45, 2.75) is 45.6 Å². The Morgan fingerprint density at radius 1 is 0.556 bits per heavy atom. The Balaban J connectivity index is 0.000000961. The number of nitrogens with one attached hydrogen (secondary N) is 3. The van der Waals surface area contributed by atoms with Crippen molar-refractivity contribution in [1.29, 1.82) is 0 Å². The number of benzene rings is 4. The number of nitrogens with two attached hydrogens (primary N) is 1. The van der Waals surface area contributed by atoms with Crippen molar-refractivity contribution in [1.82, 2.24) is 16.1 Å². The average molecular weight is 769 g/mol. The van der Waals surface area contributed by atoms with E-state index in [9.17, 15) is 39.0 Å². The van der Waals surface area contributed by atoms with Gasteiger partial charge in [0.2, 0.25) is 0 Å². The lowest BCUT2D eigenvalue weighted by molar-refractivity contribution is -0.145. The summed E-state index contributed by atoms with van der Waals surface area (Å²) in [6, 6.07) is 27.0. The normalized spacial score (nSPS) is 11.9. The number of carbonyl (C=O) groups is 6. The van der Waals surface area contributed by atoms with E-state index in [2.05, 4.69) is 21.3 Å². The third-order valence-corrected chi connectivity index (χ3v) is 7.28. The smallest absolute Gasteiger partial charge is 0.331 e. The molecule has 0 aromatic heterocycles. The Kier molecular flexibility index (Phi) is 21.8. The number of aliphatic hydroxyl groups excluding tert-OH is 2. The molecule has 0 radical (unpaired) electrons. The van der Waals surface area contributed by atoms with E-state index in [1.165, 1.54) is 62.8 Å². The summed E-state index contributed by atoms with van der Waals surface area (Å²) in [5.74, 6) is 0.347. The summed E-state index contributed by atoms with van der Waals surface area (Å²) in [5, 5.41) is 39.0. The SMILES string of the molecule is C.COC(=O)[C@@H](NC(=O)c1ccc(C(=O)c2ccccc2)cc1)[C@@H](C)O.C[C@@H](O)[C@H](NC(=O)c1ccc(C(=O)c2ccccc2)cc1)C(=O)NO.Cl.NO. The maximum absolute atomic E-state index is 12.3. The molecule has 4 rings (SSSR count). The van der Waals surface area contributed by atoms with Gasteiger partial charge in [-0.05, 0) is 38.1 Å². The Bertz CT molecular complexity index is 1660. The lowest BCUT2D eigenvalue weighted by Crippen LogP contribution is -2.51. The maximum Gasteiger partial charge on any atom is 0.331 e. The lowest BCUT2D eigenvalue weighted by Gasteiger charge is -2.19. The van der Waals surface area contributed by atoms with Crippen molar-refractivity contribution in [3.05, 3.63) is 143 Å². The number of carbonyl (C=O) groups excluding carboxylic acids is 6. The second-order valence-electron chi connectivity index (χ2n) is 10.9. The topological polar surface area (TPSA) is 255 Å². The van der Waals surface area contributed by atoms with Crippen molar-refractivity contribution in [2.75, 3.05) is 7.11 Å². The second-order valence-corrected chi connectivity index (χ2v) is 10.9. The first-order valence-corrected chi connectivity index (χ1v) is 15.5. The predicted molar refractivity (Wildman–Crippen MR) is 200 cm³/mol. The minimum atomic E-state index is -1.30. The number of hydroxylamine groups is 1. The van der Waals surface area contributed by atoms with Crippen LogP contribution in [0.4, 0.5) is 0 Å². The molecule has 0 bridgehead atoms. The van der Waals surface area contributed by atoms with Gasteiger partial charge in [-0.3, -0.25) is 29.2 Å². The zero-order valence-electron chi connectivity index (χ0n) is 28.8. The first kappa shape index (κ1) is 48.2. The zero-order chi connectivity index (χ0) is 38.8. The summed E-state index contributed by atoms with van der Waals surface area (Å²) in [6.45, 7) is 2.69. The molecule has 4 aromatic rings. The Labute approximate surface area is 318 Å². The van der Waals surface area contributed by atoms with Crippen LogP contribution in [-0.4, -0.2) is 87.3 Å². The van der Waals surface area contributed by atoms with Crippen molar-refractivity contribution in [2.24, 2.45) is 5.90 Å². The molecule has 4 aromatic carbocycles. The van der Waals surface area contributed by atoms with Crippen LogP contribution in [0, 0.1) is 0 Å². The Morgan fingerprint density at radius 2 is 0.852 bits per heavy atom. The molecule has 0 heterocycles. The standard InChI is InChI=1S/C19H19NO5.C18H18N2O5.CH4.ClH.H3NO/c1-12(21)16(19(24)25-2)20-18(23)15-10-8-14(9-11-15)17(22)13-6-4-3-5-7-13;1-11(21)15(18(24)20-25)19-17(23)14-9-7-13(8-10-14)16(22)12-5-3-2-4-6-12;;;1-2/h3-12,16,21H,1-2H3,(H,20,23);2-11,15,21,25H,1H3,(H,19,23)(H,20,24);1H4;1H;2H,1H2/t12-,16+;11-,15+;;;/m11.../s1. The minimum absolute atomic E-state index is 0. The van der Waals surface area contributed by atoms with Crippen molar-refractivity contribution < 1.29 is 54.1 Å². The number of hydrogen-bond donors (Lipinski definition) is 8. The van der Waals surface area contributed by atoms with Crippen LogP contribution >= 0.6 is 12.4 Å². The van der Waals surface area contributed by atoms with Gasteiger partial charge in [-0.2, -0.15) is 0 Å².